The summed E-state index contributed by atoms with van der Waals surface area (Å²) in [5, 5.41) is 0. The average Bonchev–Trinajstić information content (AvgIpc) is 2.57. The van der Waals surface area contributed by atoms with Crippen molar-refractivity contribution in [1.82, 2.24) is 4.90 Å². The molecule has 0 radical (unpaired) electrons. The highest BCUT2D eigenvalue weighted by Crippen LogP contribution is 2.40. The lowest BCUT2D eigenvalue weighted by molar-refractivity contribution is 0.328. The molecule has 2 aromatic carbocycles. The standard InChI is InChI=1S/C21H25N/c1-22(2)21(18-13-7-4-8-14-18)20-16-10-9-15-19(20)17-11-5-3-6-12-17/h3-8,11-14,21H,9-10,15-16H2,1-2H3. The zero-order chi connectivity index (χ0) is 15.4. The molecule has 0 aliphatic heterocycles. The van der Waals surface area contributed by atoms with E-state index in [1.807, 2.05) is 0 Å². The average molecular weight is 291 g/mol. The van der Waals surface area contributed by atoms with Gasteiger partial charge in [-0.25, -0.2) is 0 Å². The van der Waals surface area contributed by atoms with E-state index in [4.69, 9.17) is 0 Å². The van der Waals surface area contributed by atoms with Gasteiger partial charge in [0.15, 0.2) is 0 Å². The molecule has 0 amide bonds. The van der Waals surface area contributed by atoms with E-state index in [1.165, 1.54) is 36.8 Å². The summed E-state index contributed by atoms with van der Waals surface area (Å²) in [5.41, 5.74) is 5.97. The first-order valence-electron chi connectivity index (χ1n) is 8.26. The molecule has 22 heavy (non-hydrogen) atoms. The molecule has 0 heterocycles. The summed E-state index contributed by atoms with van der Waals surface area (Å²) in [6, 6.07) is 22.2. The Labute approximate surface area is 134 Å². The van der Waals surface area contributed by atoms with Gasteiger partial charge < -0.3 is 0 Å². The van der Waals surface area contributed by atoms with Crippen LogP contribution < -0.4 is 0 Å². The van der Waals surface area contributed by atoms with Crippen LogP contribution in [0.3, 0.4) is 0 Å². The molecule has 1 nitrogen and oxygen atoms in total. The van der Waals surface area contributed by atoms with Crippen molar-refractivity contribution >= 4 is 5.57 Å². The SMILES string of the molecule is CN(C)C(C1=C(c2ccccc2)CCCC1)c1ccccc1. The molecule has 1 atom stereocenters. The second-order valence-electron chi connectivity index (χ2n) is 6.35. The van der Waals surface area contributed by atoms with Gasteiger partial charge in [-0.2, -0.15) is 0 Å². The fourth-order valence-electron chi connectivity index (χ4n) is 3.65. The minimum absolute atomic E-state index is 0.386. The summed E-state index contributed by atoms with van der Waals surface area (Å²) in [6.45, 7) is 0. The van der Waals surface area contributed by atoms with Crippen molar-refractivity contribution in [2.24, 2.45) is 0 Å². The van der Waals surface area contributed by atoms with E-state index in [9.17, 15) is 0 Å². The van der Waals surface area contributed by atoms with Gasteiger partial charge in [0.25, 0.3) is 0 Å². The monoisotopic (exact) mass is 291 g/mol. The Bertz CT molecular complexity index is 625. The Balaban J connectivity index is 2.09. The lowest BCUT2D eigenvalue weighted by Crippen LogP contribution is -2.24. The van der Waals surface area contributed by atoms with Crippen LogP contribution in [0, 0.1) is 0 Å². The van der Waals surface area contributed by atoms with Crippen LogP contribution in [0.2, 0.25) is 0 Å². The predicted octanol–water partition coefficient (Wildman–Crippen LogP) is 5.32. The molecule has 0 aromatic heterocycles. The normalized spacial score (nSPS) is 16.9. The maximum absolute atomic E-state index is 2.36. The summed E-state index contributed by atoms with van der Waals surface area (Å²) in [5.74, 6) is 0. The van der Waals surface area contributed by atoms with E-state index < -0.39 is 0 Å². The third-order valence-corrected chi connectivity index (χ3v) is 4.59. The first-order chi connectivity index (χ1) is 10.8. The van der Waals surface area contributed by atoms with Gasteiger partial charge in [0.05, 0.1) is 6.04 Å². The molecule has 1 aliphatic rings. The second kappa shape index (κ2) is 6.93. The molecule has 1 aliphatic carbocycles. The van der Waals surface area contributed by atoms with Gasteiger partial charge in [0.2, 0.25) is 0 Å². The number of allylic oxidation sites excluding steroid dienone is 1. The van der Waals surface area contributed by atoms with Gasteiger partial charge in [-0.1, -0.05) is 60.7 Å². The van der Waals surface area contributed by atoms with E-state index in [1.54, 1.807) is 11.1 Å². The smallest absolute Gasteiger partial charge is 0.0562 e. The van der Waals surface area contributed by atoms with E-state index >= 15 is 0 Å². The number of hydrogen-bond acceptors (Lipinski definition) is 1. The number of benzene rings is 2. The zero-order valence-corrected chi connectivity index (χ0v) is 13.6. The Morgan fingerprint density at radius 3 is 2.00 bits per heavy atom. The highest BCUT2D eigenvalue weighted by atomic mass is 15.1. The third-order valence-electron chi connectivity index (χ3n) is 4.59. The summed E-state index contributed by atoms with van der Waals surface area (Å²) in [7, 11) is 4.39. The van der Waals surface area contributed by atoms with Crippen molar-refractivity contribution in [2.45, 2.75) is 31.7 Å². The predicted molar refractivity (Wildman–Crippen MR) is 94.7 cm³/mol. The van der Waals surface area contributed by atoms with Crippen molar-refractivity contribution in [2.75, 3.05) is 14.1 Å². The number of likely N-dealkylation sites (N-methyl/N-ethyl adjacent to an activating group) is 1. The van der Waals surface area contributed by atoms with Crippen molar-refractivity contribution < 1.29 is 0 Å². The van der Waals surface area contributed by atoms with E-state index in [2.05, 4.69) is 79.7 Å². The van der Waals surface area contributed by atoms with Gasteiger partial charge in [-0.15, -0.1) is 0 Å². The van der Waals surface area contributed by atoms with Crippen LogP contribution in [0.15, 0.2) is 66.2 Å². The van der Waals surface area contributed by atoms with Gasteiger partial charge in [0, 0.05) is 0 Å². The van der Waals surface area contributed by atoms with Crippen LogP contribution in [0.4, 0.5) is 0 Å². The van der Waals surface area contributed by atoms with Crippen LogP contribution in [0.5, 0.6) is 0 Å². The fourth-order valence-corrected chi connectivity index (χ4v) is 3.65. The molecule has 1 heteroatoms. The summed E-state index contributed by atoms with van der Waals surface area (Å²) in [6.07, 6.45) is 5.03. The molecular weight excluding hydrogens is 266 g/mol. The molecule has 0 bridgehead atoms. The van der Waals surface area contributed by atoms with E-state index in [0.29, 0.717) is 6.04 Å². The van der Waals surface area contributed by atoms with E-state index in [0.717, 1.165) is 0 Å². The first kappa shape index (κ1) is 15.1. The van der Waals surface area contributed by atoms with Crippen molar-refractivity contribution in [3.8, 4) is 0 Å². The van der Waals surface area contributed by atoms with Crippen LogP contribution in [-0.4, -0.2) is 19.0 Å². The van der Waals surface area contributed by atoms with Gasteiger partial charge in [-0.3, -0.25) is 4.90 Å². The Morgan fingerprint density at radius 2 is 1.36 bits per heavy atom. The molecule has 1 unspecified atom stereocenters. The largest absolute Gasteiger partial charge is 0.299 e. The van der Waals surface area contributed by atoms with Crippen molar-refractivity contribution in [3.63, 3.8) is 0 Å². The third kappa shape index (κ3) is 3.15. The summed E-state index contributed by atoms with van der Waals surface area (Å²) < 4.78 is 0. The molecule has 0 saturated heterocycles. The lowest BCUT2D eigenvalue weighted by atomic mass is 9.81. The molecule has 0 saturated carbocycles. The summed E-state index contributed by atoms with van der Waals surface area (Å²) >= 11 is 0. The highest BCUT2D eigenvalue weighted by molar-refractivity contribution is 5.70. The molecule has 0 spiro atoms. The Morgan fingerprint density at radius 1 is 0.773 bits per heavy atom. The highest BCUT2D eigenvalue weighted by Gasteiger charge is 2.24. The molecule has 2 aromatic rings. The fraction of sp³-hybridized carbons (Fsp3) is 0.333. The number of hydrogen-bond donors (Lipinski definition) is 0. The first-order valence-corrected chi connectivity index (χ1v) is 8.26. The maximum atomic E-state index is 2.36. The number of rotatable bonds is 4. The quantitative estimate of drug-likeness (QED) is 0.737. The lowest BCUT2D eigenvalue weighted by Gasteiger charge is -2.32. The molecular formula is C21H25N. The van der Waals surface area contributed by atoms with Crippen molar-refractivity contribution in [1.29, 1.82) is 0 Å². The molecule has 114 valence electrons. The molecule has 0 N–H and O–H groups in total. The van der Waals surface area contributed by atoms with Crippen LogP contribution >= 0.6 is 0 Å². The van der Waals surface area contributed by atoms with Gasteiger partial charge in [0.1, 0.15) is 0 Å². The Hall–Kier alpha value is -1.86. The van der Waals surface area contributed by atoms with E-state index in [-0.39, 0.29) is 0 Å². The van der Waals surface area contributed by atoms with Gasteiger partial charge >= 0.3 is 0 Å². The van der Waals surface area contributed by atoms with Crippen LogP contribution in [-0.2, 0) is 0 Å². The molecule has 0 fully saturated rings. The maximum Gasteiger partial charge on any atom is 0.0562 e. The van der Waals surface area contributed by atoms with Crippen LogP contribution in [0.1, 0.15) is 42.9 Å². The summed E-state index contributed by atoms with van der Waals surface area (Å²) in [4.78, 5) is 2.36. The molecule has 3 rings (SSSR count). The Kier molecular flexibility index (Phi) is 4.74. The number of nitrogens with zero attached hydrogens (tertiary/aromatic N) is 1. The minimum Gasteiger partial charge on any atom is -0.299 e. The van der Waals surface area contributed by atoms with Crippen molar-refractivity contribution in [3.05, 3.63) is 77.4 Å². The minimum atomic E-state index is 0.386. The zero-order valence-electron chi connectivity index (χ0n) is 13.6. The topological polar surface area (TPSA) is 3.24 Å². The van der Waals surface area contributed by atoms with Gasteiger partial charge in [-0.05, 0) is 62.1 Å². The second-order valence-corrected chi connectivity index (χ2v) is 6.35. The van der Waals surface area contributed by atoms with Crippen LogP contribution in [0.25, 0.3) is 5.57 Å².